The van der Waals surface area contributed by atoms with E-state index in [9.17, 15) is 9.18 Å². The van der Waals surface area contributed by atoms with E-state index in [2.05, 4.69) is 0 Å². The Balaban J connectivity index is 0.00000162. The molecular formula is C13H18ClFN2O. The highest BCUT2D eigenvalue weighted by molar-refractivity contribution is 5.94. The first kappa shape index (κ1) is 14.9. The standard InChI is InChI=1S/C13H17FN2O.ClH/c14-12-5-7-16(8-6-12)13(17)11-3-1-10(9-15)2-4-11;/h1-4,12H,5-9,15H2;1H. The summed E-state index contributed by atoms with van der Waals surface area (Å²) in [5.41, 5.74) is 7.15. The Hall–Kier alpha value is -1.13. The van der Waals surface area contributed by atoms with Crippen LogP contribution in [-0.4, -0.2) is 30.1 Å². The largest absolute Gasteiger partial charge is 0.338 e. The first-order chi connectivity index (χ1) is 8.20. The van der Waals surface area contributed by atoms with Gasteiger partial charge >= 0.3 is 0 Å². The Morgan fingerprint density at radius 3 is 2.33 bits per heavy atom. The number of halogens is 2. The second-order valence-electron chi connectivity index (χ2n) is 4.37. The van der Waals surface area contributed by atoms with Gasteiger partial charge in [-0.15, -0.1) is 12.4 Å². The van der Waals surface area contributed by atoms with Crippen molar-refractivity contribution < 1.29 is 9.18 Å². The normalized spacial score (nSPS) is 16.2. The van der Waals surface area contributed by atoms with Gasteiger partial charge in [-0.25, -0.2) is 4.39 Å². The number of likely N-dealkylation sites (tertiary alicyclic amines) is 1. The lowest BCUT2D eigenvalue weighted by Crippen LogP contribution is -2.39. The summed E-state index contributed by atoms with van der Waals surface area (Å²) in [5, 5.41) is 0. The number of hydrogen-bond acceptors (Lipinski definition) is 2. The predicted octanol–water partition coefficient (Wildman–Crippen LogP) is 2.14. The van der Waals surface area contributed by atoms with Gasteiger partial charge in [-0.05, 0) is 30.5 Å². The third kappa shape index (κ3) is 3.43. The third-order valence-electron chi connectivity index (χ3n) is 3.15. The highest BCUT2D eigenvalue weighted by atomic mass is 35.5. The van der Waals surface area contributed by atoms with E-state index in [4.69, 9.17) is 5.73 Å². The van der Waals surface area contributed by atoms with Crippen LogP contribution in [0.5, 0.6) is 0 Å². The van der Waals surface area contributed by atoms with E-state index in [-0.39, 0.29) is 18.3 Å². The maximum absolute atomic E-state index is 13.0. The fourth-order valence-electron chi connectivity index (χ4n) is 2.02. The topological polar surface area (TPSA) is 46.3 Å². The highest BCUT2D eigenvalue weighted by Crippen LogP contribution is 2.16. The Labute approximate surface area is 113 Å². The van der Waals surface area contributed by atoms with E-state index < -0.39 is 6.17 Å². The molecule has 100 valence electrons. The van der Waals surface area contributed by atoms with E-state index in [1.165, 1.54) is 0 Å². The lowest BCUT2D eigenvalue weighted by Gasteiger charge is -2.28. The van der Waals surface area contributed by atoms with Gasteiger partial charge in [0.1, 0.15) is 6.17 Å². The molecule has 2 N–H and O–H groups in total. The monoisotopic (exact) mass is 272 g/mol. The average molecular weight is 273 g/mol. The number of carbonyl (C=O) groups is 1. The molecule has 0 unspecified atom stereocenters. The van der Waals surface area contributed by atoms with E-state index in [0.29, 0.717) is 38.0 Å². The van der Waals surface area contributed by atoms with Gasteiger partial charge in [-0.3, -0.25) is 4.79 Å². The molecule has 1 aliphatic rings. The molecule has 5 heteroatoms. The zero-order chi connectivity index (χ0) is 12.3. The molecule has 1 heterocycles. The van der Waals surface area contributed by atoms with E-state index in [0.717, 1.165) is 5.56 Å². The molecule has 0 spiro atoms. The number of amides is 1. The molecule has 1 aromatic rings. The SMILES string of the molecule is Cl.NCc1ccc(C(=O)N2CCC(F)CC2)cc1. The summed E-state index contributed by atoms with van der Waals surface area (Å²) in [6.45, 7) is 1.50. The van der Waals surface area contributed by atoms with Gasteiger partial charge < -0.3 is 10.6 Å². The van der Waals surface area contributed by atoms with Crippen molar-refractivity contribution in [1.29, 1.82) is 0 Å². The van der Waals surface area contributed by atoms with Crippen molar-refractivity contribution >= 4 is 18.3 Å². The molecule has 3 nitrogen and oxygen atoms in total. The summed E-state index contributed by atoms with van der Waals surface area (Å²) in [4.78, 5) is 13.8. The van der Waals surface area contributed by atoms with Crippen molar-refractivity contribution in [3.8, 4) is 0 Å². The second-order valence-corrected chi connectivity index (χ2v) is 4.37. The molecule has 18 heavy (non-hydrogen) atoms. The molecule has 2 rings (SSSR count). The molecule has 0 saturated carbocycles. The summed E-state index contributed by atoms with van der Waals surface area (Å²) in [7, 11) is 0. The first-order valence-electron chi connectivity index (χ1n) is 5.93. The molecule has 1 aromatic carbocycles. The minimum absolute atomic E-state index is 0. The number of rotatable bonds is 2. The van der Waals surface area contributed by atoms with Crippen LogP contribution in [0.2, 0.25) is 0 Å². The van der Waals surface area contributed by atoms with Crippen LogP contribution in [0.3, 0.4) is 0 Å². The molecular weight excluding hydrogens is 255 g/mol. The molecule has 1 aliphatic heterocycles. The van der Waals surface area contributed by atoms with Crippen LogP contribution in [0, 0.1) is 0 Å². The Morgan fingerprint density at radius 1 is 1.28 bits per heavy atom. The smallest absolute Gasteiger partial charge is 0.253 e. The summed E-state index contributed by atoms with van der Waals surface area (Å²) < 4.78 is 13.0. The number of alkyl halides is 1. The van der Waals surface area contributed by atoms with Crippen molar-refractivity contribution in [3.05, 3.63) is 35.4 Å². The predicted molar refractivity (Wildman–Crippen MR) is 71.6 cm³/mol. The molecule has 0 aliphatic carbocycles. The summed E-state index contributed by atoms with van der Waals surface area (Å²) in [5.74, 6) is -0.0135. The van der Waals surface area contributed by atoms with Crippen LogP contribution in [0.25, 0.3) is 0 Å². The summed E-state index contributed by atoms with van der Waals surface area (Å²) in [6.07, 6.45) is 0.151. The fraction of sp³-hybridized carbons (Fsp3) is 0.462. The highest BCUT2D eigenvalue weighted by Gasteiger charge is 2.22. The third-order valence-corrected chi connectivity index (χ3v) is 3.15. The first-order valence-corrected chi connectivity index (χ1v) is 5.93. The quantitative estimate of drug-likeness (QED) is 0.897. The maximum atomic E-state index is 13.0. The molecule has 1 amide bonds. The lowest BCUT2D eigenvalue weighted by atomic mass is 10.1. The Bertz CT molecular complexity index is 388. The summed E-state index contributed by atoms with van der Waals surface area (Å²) in [6, 6.07) is 7.28. The Kier molecular flexibility index (Phi) is 5.56. The van der Waals surface area contributed by atoms with Crippen LogP contribution in [0.15, 0.2) is 24.3 Å². The van der Waals surface area contributed by atoms with Gasteiger partial charge in [0, 0.05) is 25.2 Å². The van der Waals surface area contributed by atoms with Crippen LogP contribution >= 0.6 is 12.4 Å². The zero-order valence-corrected chi connectivity index (χ0v) is 11.0. The number of nitrogens with two attached hydrogens (primary N) is 1. The minimum atomic E-state index is -0.751. The number of carbonyl (C=O) groups excluding carboxylic acids is 1. The van der Waals surface area contributed by atoms with Crippen LogP contribution in [0.1, 0.15) is 28.8 Å². The molecule has 1 saturated heterocycles. The molecule has 0 aromatic heterocycles. The van der Waals surface area contributed by atoms with Crippen LogP contribution < -0.4 is 5.73 Å². The maximum Gasteiger partial charge on any atom is 0.253 e. The van der Waals surface area contributed by atoms with Crippen molar-refractivity contribution in [2.75, 3.05) is 13.1 Å². The van der Waals surface area contributed by atoms with Crippen molar-refractivity contribution in [2.45, 2.75) is 25.6 Å². The van der Waals surface area contributed by atoms with Gasteiger partial charge in [0.05, 0.1) is 0 Å². The molecule has 0 atom stereocenters. The van der Waals surface area contributed by atoms with E-state index in [1.807, 2.05) is 12.1 Å². The number of piperidine rings is 1. The van der Waals surface area contributed by atoms with E-state index in [1.54, 1.807) is 17.0 Å². The fourth-order valence-corrected chi connectivity index (χ4v) is 2.02. The van der Waals surface area contributed by atoms with Gasteiger partial charge in [0.2, 0.25) is 0 Å². The van der Waals surface area contributed by atoms with E-state index >= 15 is 0 Å². The number of benzene rings is 1. The second kappa shape index (κ2) is 6.71. The van der Waals surface area contributed by atoms with Gasteiger partial charge in [-0.2, -0.15) is 0 Å². The minimum Gasteiger partial charge on any atom is -0.338 e. The lowest BCUT2D eigenvalue weighted by molar-refractivity contribution is 0.0667. The van der Waals surface area contributed by atoms with Gasteiger partial charge in [-0.1, -0.05) is 12.1 Å². The van der Waals surface area contributed by atoms with Gasteiger partial charge in [0.25, 0.3) is 5.91 Å². The molecule has 0 bridgehead atoms. The average Bonchev–Trinajstić information content (AvgIpc) is 2.39. The Morgan fingerprint density at radius 2 is 1.83 bits per heavy atom. The van der Waals surface area contributed by atoms with Gasteiger partial charge in [0.15, 0.2) is 0 Å². The summed E-state index contributed by atoms with van der Waals surface area (Å²) >= 11 is 0. The molecule has 1 fully saturated rings. The van der Waals surface area contributed by atoms with Crippen molar-refractivity contribution in [1.82, 2.24) is 4.90 Å². The van der Waals surface area contributed by atoms with Crippen molar-refractivity contribution in [3.63, 3.8) is 0 Å². The zero-order valence-electron chi connectivity index (χ0n) is 10.1. The van der Waals surface area contributed by atoms with Crippen molar-refractivity contribution in [2.24, 2.45) is 5.73 Å². The number of hydrogen-bond donors (Lipinski definition) is 1. The van der Waals surface area contributed by atoms with Crippen LogP contribution in [0.4, 0.5) is 4.39 Å². The number of nitrogens with zero attached hydrogens (tertiary/aromatic N) is 1. The van der Waals surface area contributed by atoms with Crippen LogP contribution in [-0.2, 0) is 6.54 Å². The molecule has 0 radical (unpaired) electrons.